The standard InChI is InChI=1S/C31H36N3S3/c1-7-32(8-2)19-13-22-28-23(14-19)36-25-16-21(34(11-5)12-6)18-27-30(25)31(28)29-24(35-22)15-20(17-26(29)37-27)33(9-3)10-4/h13-18H,7-12H2,1-6H3/q+1. The van der Waals surface area contributed by atoms with E-state index in [1.807, 2.05) is 34.0 Å². The van der Waals surface area contributed by atoms with E-state index < -0.39 is 0 Å². The molecule has 0 saturated carbocycles. The number of hydrogen-bond acceptors (Lipinski definition) is 5. The first-order chi connectivity index (χ1) is 18.0. The molecule has 3 nitrogen and oxygen atoms in total. The van der Waals surface area contributed by atoms with Crippen LogP contribution in [0.4, 0.5) is 11.4 Å². The van der Waals surface area contributed by atoms with Gasteiger partial charge in [0.1, 0.15) is 13.1 Å². The van der Waals surface area contributed by atoms with E-state index in [9.17, 15) is 0 Å². The van der Waals surface area contributed by atoms with Gasteiger partial charge in [-0.25, -0.2) is 4.58 Å². The second-order valence-electron chi connectivity index (χ2n) is 9.65. The zero-order valence-corrected chi connectivity index (χ0v) is 25.2. The summed E-state index contributed by atoms with van der Waals surface area (Å²) in [5, 5.41) is 7.19. The Kier molecular flexibility index (Phi) is 6.54. The SMILES string of the molecule is CCN(CC)c1cc2sc3cc(N(CC)CC)cc4sc5cc(=[N+](CC)CC)cc6sc(c1)c2c(c34)c65. The molecular formula is C31H36N3S3+. The minimum atomic E-state index is 1.02. The third-order valence-corrected chi connectivity index (χ3v) is 11.2. The van der Waals surface area contributed by atoms with Crippen LogP contribution < -0.4 is 19.7 Å². The highest BCUT2D eigenvalue weighted by Gasteiger charge is 2.21. The molecule has 0 unspecified atom stereocenters. The molecule has 0 spiro atoms. The minimum absolute atomic E-state index is 1.02. The van der Waals surface area contributed by atoms with Gasteiger partial charge in [0.25, 0.3) is 0 Å². The van der Waals surface area contributed by atoms with Gasteiger partial charge < -0.3 is 9.80 Å². The van der Waals surface area contributed by atoms with Crippen molar-refractivity contribution >= 4 is 95.1 Å². The van der Waals surface area contributed by atoms with E-state index in [0.29, 0.717) is 0 Å². The molecule has 0 N–H and O–H groups in total. The molecule has 192 valence electrons. The van der Waals surface area contributed by atoms with Crippen LogP contribution in [0.25, 0.3) is 49.7 Å². The van der Waals surface area contributed by atoms with Gasteiger partial charge in [0.15, 0.2) is 0 Å². The van der Waals surface area contributed by atoms with Gasteiger partial charge >= 0.3 is 0 Å². The third kappa shape index (κ3) is 3.83. The van der Waals surface area contributed by atoms with Crippen LogP contribution in [-0.2, 0) is 0 Å². The van der Waals surface area contributed by atoms with E-state index >= 15 is 0 Å². The molecule has 0 bridgehead atoms. The molecule has 0 fully saturated rings. The zero-order chi connectivity index (χ0) is 25.8. The van der Waals surface area contributed by atoms with Crippen LogP contribution in [0.1, 0.15) is 41.5 Å². The van der Waals surface area contributed by atoms with Crippen LogP contribution in [0.15, 0.2) is 36.4 Å². The Labute approximate surface area is 231 Å². The van der Waals surface area contributed by atoms with Gasteiger partial charge in [-0.2, -0.15) is 0 Å². The van der Waals surface area contributed by atoms with Crippen LogP contribution >= 0.6 is 34.0 Å². The number of hydrogen-bond donors (Lipinski definition) is 0. The highest BCUT2D eigenvalue weighted by atomic mass is 32.1. The Bertz CT molecular complexity index is 1690. The fourth-order valence-electron chi connectivity index (χ4n) is 5.99. The lowest BCUT2D eigenvalue weighted by atomic mass is 10.0. The van der Waals surface area contributed by atoms with E-state index in [1.54, 1.807) is 0 Å². The van der Waals surface area contributed by atoms with Crippen molar-refractivity contribution in [2.24, 2.45) is 0 Å². The highest BCUT2D eigenvalue weighted by Crippen LogP contribution is 2.50. The van der Waals surface area contributed by atoms with Gasteiger partial charge in [-0.05, 0) is 65.8 Å². The number of anilines is 2. The summed E-state index contributed by atoms with van der Waals surface area (Å²) in [5.74, 6) is 0. The van der Waals surface area contributed by atoms with E-state index in [0.717, 1.165) is 39.3 Å². The van der Waals surface area contributed by atoms with Crippen LogP contribution in [0.5, 0.6) is 0 Å². The van der Waals surface area contributed by atoms with Gasteiger partial charge in [0, 0.05) is 99.4 Å². The molecular weight excluding hydrogens is 511 g/mol. The molecule has 6 aromatic rings. The van der Waals surface area contributed by atoms with Crippen LogP contribution in [0.3, 0.4) is 0 Å². The van der Waals surface area contributed by atoms with Crippen LogP contribution in [0, 0.1) is 0 Å². The van der Waals surface area contributed by atoms with E-state index in [4.69, 9.17) is 0 Å². The fraction of sp³-hybridized carbons (Fsp3) is 0.387. The molecule has 0 aliphatic heterocycles. The van der Waals surface area contributed by atoms with Gasteiger partial charge in [-0.3, -0.25) is 0 Å². The van der Waals surface area contributed by atoms with Gasteiger partial charge in [0.05, 0.1) is 0 Å². The predicted octanol–water partition coefficient (Wildman–Crippen LogP) is 8.58. The zero-order valence-electron chi connectivity index (χ0n) is 22.8. The second-order valence-corrected chi connectivity index (χ2v) is 12.9. The first-order valence-corrected chi connectivity index (χ1v) is 16.2. The van der Waals surface area contributed by atoms with Gasteiger partial charge in [-0.15, -0.1) is 34.0 Å². The summed E-state index contributed by atoms with van der Waals surface area (Å²) in [4.78, 5) is 4.97. The van der Waals surface area contributed by atoms with Crippen molar-refractivity contribution in [1.29, 1.82) is 0 Å². The quantitative estimate of drug-likeness (QED) is 0.107. The summed E-state index contributed by atoms with van der Waals surface area (Å²) in [6.45, 7) is 19.7. The predicted molar refractivity (Wildman–Crippen MR) is 172 cm³/mol. The summed E-state index contributed by atoms with van der Waals surface area (Å²) < 4.78 is 10.9. The Morgan fingerprint density at radius 2 is 0.811 bits per heavy atom. The maximum Gasteiger partial charge on any atom is 0.202 e. The lowest BCUT2D eigenvalue weighted by Crippen LogP contribution is -2.29. The fourth-order valence-corrected chi connectivity index (χ4v) is 9.86. The molecule has 0 atom stereocenters. The molecule has 0 aliphatic rings. The van der Waals surface area contributed by atoms with Crippen molar-refractivity contribution in [1.82, 2.24) is 4.58 Å². The molecule has 6 rings (SSSR count). The van der Waals surface area contributed by atoms with Crippen LogP contribution in [-0.4, -0.2) is 39.3 Å². The first kappa shape index (κ1) is 24.9. The molecule has 0 aliphatic carbocycles. The average Bonchev–Trinajstić information content (AvgIpc) is 2.90. The number of rotatable bonds is 8. The van der Waals surface area contributed by atoms with Crippen molar-refractivity contribution in [2.75, 3.05) is 49.1 Å². The first-order valence-electron chi connectivity index (χ1n) is 13.7. The number of nitrogens with zero attached hydrogens (tertiary/aromatic N) is 3. The maximum atomic E-state index is 2.49. The Hall–Kier alpha value is -2.41. The Morgan fingerprint density at radius 3 is 1.11 bits per heavy atom. The van der Waals surface area contributed by atoms with E-state index in [1.165, 1.54) is 66.5 Å². The van der Waals surface area contributed by atoms with Gasteiger partial charge in [0.2, 0.25) is 5.36 Å². The summed E-state index contributed by atoms with van der Waals surface area (Å²) in [6, 6.07) is 14.7. The van der Waals surface area contributed by atoms with Crippen molar-refractivity contribution in [3.63, 3.8) is 0 Å². The van der Waals surface area contributed by atoms with Crippen molar-refractivity contribution in [2.45, 2.75) is 41.5 Å². The molecule has 3 heterocycles. The van der Waals surface area contributed by atoms with Gasteiger partial charge in [-0.1, -0.05) is 0 Å². The maximum absolute atomic E-state index is 2.49. The lowest BCUT2D eigenvalue weighted by Gasteiger charge is -2.24. The largest absolute Gasteiger partial charge is 0.372 e. The second kappa shape index (κ2) is 9.72. The normalized spacial score (nSPS) is 12.2. The Balaban J connectivity index is 1.86. The lowest BCUT2D eigenvalue weighted by molar-refractivity contribution is 0.627. The van der Waals surface area contributed by atoms with Crippen LogP contribution in [0.2, 0.25) is 0 Å². The number of benzene rings is 3. The highest BCUT2D eigenvalue weighted by molar-refractivity contribution is 7.31. The summed E-state index contributed by atoms with van der Waals surface area (Å²) >= 11 is 5.94. The van der Waals surface area contributed by atoms with E-state index in [-0.39, 0.29) is 0 Å². The monoisotopic (exact) mass is 546 g/mol. The van der Waals surface area contributed by atoms with Crippen molar-refractivity contribution in [3.8, 4) is 0 Å². The topological polar surface area (TPSA) is 9.49 Å². The summed E-state index contributed by atoms with van der Waals surface area (Å²) in [5.41, 5.74) is 2.69. The summed E-state index contributed by atoms with van der Waals surface area (Å²) in [6.07, 6.45) is 0. The average molecular weight is 547 g/mol. The molecule has 0 saturated heterocycles. The van der Waals surface area contributed by atoms with E-state index in [2.05, 4.69) is 92.3 Å². The Morgan fingerprint density at radius 1 is 0.486 bits per heavy atom. The van der Waals surface area contributed by atoms with Crippen molar-refractivity contribution < 1.29 is 0 Å². The smallest absolute Gasteiger partial charge is 0.202 e. The third-order valence-electron chi connectivity index (χ3n) is 7.95. The van der Waals surface area contributed by atoms with Crippen molar-refractivity contribution in [3.05, 3.63) is 41.8 Å². The molecule has 0 radical (unpaired) electrons. The minimum Gasteiger partial charge on any atom is -0.372 e. The summed E-state index contributed by atoms with van der Waals surface area (Å²) in [7, 11) is 0. The molecule has 3 aromatic heterocycles. The molecule has 37 heavy (non-hydrogen) atoms. The molecule has 6 heteroatoms. The molecule has 0 amide bonds. The molecule has 3 aromatic carbocycles.